The van der Waals surface area contributed by atoms with Gasteiger partial charge in [-0.3, -0.25) is 4.79 Å². The zero-order chi connectivity index (χ0) is 12.4. The highest BCUT2D eigenvalue weighted by Crippen LogP contribution is 2.25. The van der Waals surface area contributed by atoms with E-state index in [1.165, 1.54) is 0 Å². The standard InChI is InChI=1S/C11H8ClN3OS/c12-7-3-1-6(2-4-7)9-8(5-13)10(16)15-11(17)14-9/h1-4,8-9H,(H2,14,15,16,17)/t8-,9-/m0/s1. The third-order valence-corrected chi connectivity index (χ3v) is 2.98. The minimum atomic E-state index is -0.803. The van der Waals surface area contributed by atoms with Gasteiger partial charge in [0.2, 0.25) is 5.91 Å². The molecule has 2 rings (SSSR count). The quantitative estimate of drug-likeness (QED) is 0.756. The van der Waals surface area contributed by atoms with E-state index in [2.05, 4.69) is 10.6 Å². The fraction of sp³-hybridized carbons (Fsp3) is 0.182. The Hall–Kier alpha value is -1.64. The van der Waals surface area contributed by atoms with Crippen molar-refractivity contribution in [1.82, 2.24) is 10.6 Å². The molecule has 1 saturated heterocycles. The number of hydrogen-bond donors (Lipinski definition) is 2. The first-order valence-electron chi connectivity index (χ1n) is 4.88. The van der Waals surface area contributed by atoms with Crippen molar-refractivity contribution in [2.75, 3.05) is 0 Å². The largest absolute Gasteiger partial charge is 0.354 e. The predicted molar refractivity (Wildman–Crippen MR) is 67.2 cm³/mol. The van der Waals surface area contributed by atoms with Gasteiger partial charge < -0.3 is 10.6 Å². The summed E-state index contributed by atoms with van der Waals surface area (Å²) in [5.74, 6) is -1.18. The minimum absolute atomic E-state index is 0.237. The Morgan fingerprint density at radius 2 is 2.00 bits per heavy atom. The lowest BCUT2D eigenvalue weighted by Gasteiger charge is -2.29. The zero-order valence-electron chi connectivity index (χ0n) is 8.61. The normalized spacial score (nSPS) is 23.5. The van der Waals surface area contributed by atoms with Gasteiger partial charge in [-0.15, -0.1) is 0 Å². The number of rotatable bonds is 1. The number of benzene rings is 1. The number of nitrogens with zero attached hydrogens (tertiary/aromatic N) is 1. The Kier molecular flexibility index (Phi) is 3.27. The highest BCUT2D eigenvalue weighted by Gasteiger charge is 2.34. The van der Waals surface area contributed by atoms with Crippen molar-refractivity contribution in [3.63, 3.8) is 0 Å². The summed E-state index contributed by atoms with van der Waals surface area (Å²) in [4.78, 5) is 11.6. The molecular formula is C11H8ClN3OS. The second-order valence-electron chi connectivity index (χ2n) is 3.60. The first-order chi connectivity index (χ1) is 8.11. The van der Waals surface area contributed by atoms with E-state index in [9.17, 15) is 4.79 Å². The molecule has 6 heteroatoms. The second kappa shape index (κ2) is 4.70. The topological polar surface area (TPSA) is 64.9 Å². The number of thiocarbonyl (C=S) groups is 1. The molecule has 1 aliphatic heterocycles. The molecule has 2 N–H and O–H groups in total. The average Bonchev–Trinajstić information content (AvgIpc) is 2.29. The van der Waals surface area contributed by atoms with Crippen LogP contribution in [0.2, 0.25) is 5.02 Å². The van der Waals surface area contributed by atoms with Crippen molar-refractivity contribution < 1.29 is 4.79 Å². The molecule has 1 aliphatic rings. The monoisotopic (exact) mass is 265 g/mol. The van der Waals surface area contributed by atoms with Crippen LogP contribution in [0.3, 0.4) is 0 Å². The molecule has 1 aromatic carbocycles. The number of amides is 1. The molecule has 4 nitrogen and oxygen atoms in total. The third kappa shape index (κ3) is 2.38. The van der Waals surface area contributed by atoms with E-state index in [4.69, 9.17) is 29.1 Å². The van der Waals surface area contributed by atoms with Crippen LogP contribution in [0.4, 0.5) is 0 Å². The molecule has 0 saturated carbocycles. The summed E-state index contributed by atoms with van der Waals surface area (Å²) in [7, 11) is 0. The van der Waals surface area contributed by atoms with Crippen molar-refractivity contribution in [2.45, 2.75) is 6.04 Å². The number of hydrogen-bond acceptors (Lipinski definition) is 3. The van der Waals surface area contributed by atoms with Crippen LogP contribution < -0.4 is 10.6 Å². The van der Waals surface area contributed by atoms with Crippen LogP contribution >= 0.6 is 23.8 Å². The predicted octanol–water partition coefficient (Wildman–Crippen LogP) is 1.53. The van der Waals surface area contributed by atoms with E-state index in [0.29, 0.717) is 5.02 Å². The first kappa shape index (κ1) is 11.8. The summed E-state index contributed by atoms with van der Waals surface area (Å²) in [5, 5.41) is 15.2. The Morgan fingerprint density at radius 1 is 1.35 bits per heavy atom. The van der Waals surface area contributed by atoms with Crippen LogP contribution in [0.25, 0.3) is 0 Å². The van der Waals surface area contributed by atoms with Gasteiger partial charge >= 0.3 is 0 Å². The SMILES string of the molecule is N#C[C@@H]1C(=O)NC(=S)N[C@H]1c1ccc(Cl)cc1. The fourth-order valence-electron chi connectivity index (χ4n) is 1.68. The molecular weight excluding hydrogens is 258 g/mol. The molecule has 1 heterocycles. The van der Waals surface area contributed by atoms with Gasteiger partial charge in [0, 0.05) is 5.02 Å². The van der Waals surface area contributed by atoms with Gasteiger partial charge in [0.15, 0.2) is 5.11 Å². The number of nitrogens with one attached hydrogen (secondary N) is 2. The molecule has 17 heavy (non-hydrogen) atoms. The molecule has 0 bridgehead atoms. The van der Waals surface area contributed by atoms with Crippen molar-refractivity contribution in [3.8, 4) is 6.07 Å². The summed E-state index contributed by atoms with van der Waals surface area (Å²) >= 11 is 10.7. The maximum Gasteiger partial charge on any atom is 0.245 e. The van der Waals surface area contributed by atoms with E-state index < -0.39 is 12.0 Å². The summed E-state index contributed by atoms with van der Waals surface area (Å²) in [6.45, 7) is 0. The molecule has 0 unspecified atom stereocenters. The lowest BCUT2D eigenvalue weighted by atomic mass is 9.92. The Bertz CT molecular complexity index is 508. The van der Waals surface area contributed by atoms with E-state index >= 15 is 0 Å². The van der Waals surface area contributed by atoms with Crippen LogP contribution in [0.15, 0.2) is 24.3 Å². The first-order valence-corrected chi connectivity index (χ1v) is 5.67. The number of halogens is 1. The van der Waals surface area contributed by atoms with Crippen LogP contribution in [0.5, 0.6) is 0 Å². The lowest BCUT2D eigenvalue weighted by molar-refractivity contribution is -0.123. The average molecular weight is 266 g/mol. The maximum atomic E-state index is 11.6. The van der Waals surface area contributed by atoms with Gasteiger partial charge in [-0.05, 0) is 29.9 Å². The van der Waals surface area contributed by atoms with Crippen molar-refractivity contribution in [1.29, 1.82) is 5.26 Å². The molecule has 0 radical (unpaired) electrons. The van der Waals surface area contributed by atoms with E-state index in [0.717, 1.165) is 5.56 Å². The fourth-order valence-corrected chi connectivity index (χ4v) is 2.03. The van der Waals surface area contributed by atoms with Crippen LogP contribution in [0.1, 0.15) is 11.6 Å². The van der Waals surface area contributed by atoms with Crippen LogP contribution in [0, 0.1) is 17.2 Å². The van der Waals surface area contributed by atoms with Gasteiger partial charge in [0.05, 0.1) is 12.1 Å². The number of nitriles is 1. The molecule has 1 aromatic rings. The van der Waals surface area contributed by atoms with Gasteiger partial charge in [-0.25, -0.2) is 0 Å². The van der Waals surface area contributed by atoms with Crippen LogP contribution in [-0.4, -0.2) is 11.0 Å². The highest BCUT2D eigenvalue weighted by molar-refractivity contribution is 7.80. The Morgan fingerprint density at radius 3 is 2.59 bits per heavy atom. The van der Waals surface area contributed by atoms with Gasteiger partial charge in [0.1, 0.15) is 5.92 Å². The summed E-state index contributed by atoms with van der Waals surface area (Å²) in [6.07, 6.45) is 0. The van der Waals surface area contributed by atoms with Gasteiger partial charge in [-0.1, -0.05) is 23.7 Å². The third-order valence-electron chi connectivity index (χ3n) is 2.51. The summed E-state index contributed by atoms with van der Waals surface area (Å²) in [5.41, 5.74) is 0.804. The van der Waals surface area contributed by atoms with E-state index in [1.807, 2.05) is 6.07 Å². The Balaban J connectivity index is 2.34. The molecule has 0 spiro atoms. The molecule has 1 amide bonds. The lowest BCUT2D eigenvalue weighted by Crippen LogP contribution is -2.53. The summed E-state index contributed by atoms with van der Waals surface area (Å²) in [6, 6.07) is 8.50. The van der Waals surface area contributed by atoms with Gasteiger partial charge in [-0.2, -0.15) is 5.26 Å². The van der Waals surface area contributed by atoms with Crippen LogP contribution in [-0.2, 0) is 4.79 Å². The van der Waals surface area contributed by atoms with Gasteiger partial charge in [0.25, 0.3) is 0 Å². The molecule has 0 aromatic heterocycles. The van der Waals surface area contributed by atoms with Crippen molar-refractivity contribution in [2.24, 2.45) is 5.92 Å². The zero-order valence-corrected chi connectivity index (χ0v) is 10.2. The number of carbonyl (C=O) groups excluding carboxylic acids is 1. The number of carbonyl (C=O) groups is 1. The molecule has 86 valence electrons. The molecule has 2 atom stereocenters. The second-order valence-corrected chi connectivity index (χ2v) is 4.44. The van der Waals surface area contributed by atoms with E-state index in [-0.39, 0.29) is 11.0 Å². The molecule has 1 fully saturated rings. The van der Waals surface area contributed by atoms with E-state index in [1.54, 1.807) is 24.3 Å². The summed E-state index contributed by atoms with van der Waals surface area (Å²) < 4.78 is 0. The smallest absolute Gasteiger partial charge is 0.245 e. The maximum absolute atomic E-state index is 11.6. The van der Waals surface area contributed by atoms with Crippen molar-refractivity contribution in [3.05, 3.63) is 34.9 Å². The minimum Gasteiger partial charge on any atom is -0.354 e. The van der Waals surface area contributed by atoms with Crippen molar-refractivity contribution >= 4 is 34.8 Å². The highest BCUT2D eigenvalue weighted by atomic mass is 35.5. The Labute approximate surface area is 109 Å². The molecule has 0 aliphatic carbocycles.